The van der Waals surface area contributed by atoms with Gasteiger partial charge in [0.1, 0.15) is 6.54 Å². The molecule has 31 heavy (non-hydrogen) atoms. The van der Waals surface area contributed by atoms with Gasteiger partial charge in [0.05, 0.1) is 30.1 Å². The van der Waals surface area contributed by atoms with Crippen LogP contribution in [0.15, 0.2) is 53.4 Å². The van der Waals surface area contributed by atoms with E-state index in [4.69, 9.17) is 4.74 Å². The summed E-state index contributed by atoms with van der Waals surface area (Å²) in [6.45, 7) is 2.62. The second kappa shape index (κ2) is 9.35. The fraction of sp³-hybridized carbons (Fsp3) is 0.350. The molecule has 0 aliphatic carbocycles. The zero-order chi connectivity index (χ0) is 22.6. The van der Waals surface area contributed by atoms with E-state index in [0.29, 0.717) is 18.9 Å². The topological polar surface area (TPSA) is 113 Å². The number of nitrogens with zero attached hydrogens (tertiary/aromatic N) is 2. The molecule has 3 rings (SSSR count). The molecule has 1 amide bonds. The smallest absolute Gasteiger partial charge is 0.245 e. The van der Waals surface area contributed by atoms with Crippen LogP contribution in [0.4, 0.5) is 11.4 Å². The fourth-order valence-electron chi connectivity index (χ4n) is 3.17. The highest BCUT2D eigenvalue weighted by Gasteiger charge is 2.27. The molecule has 1 fully saturated rings. The molecule has 11 heteroatoms. The van der Waals surface area contributed by atoms with Crippen LogP contribution < -0.4 is 9.62 Å². The molecule has 0 aromatic heterocycles. The van der Waals surface area contributed by atoms with Gasteiger partial charge in [-0.1, -0.05) is 12.1 Å². The summed E-state index contributed by atoms with van der Waals surface area (Å²) in [6, 6.07) is 12.6. The Hall–Kier alpha value is -2.47. The summed E-state index contributed by atoms with van der Waals surface area (Å²) in [6.07, 6.45) is 0.991. The van der Waals surface area contributed by atoms with Crippen LogP contribution in [-0.2, 0) is 29.6 Å². The average molecular weight is 468 g/mol. The van der Waals surface area contributed by atoms with Gasteiger partial charge in [-0.2, -0.15) is 4.31 Å². The summed E-state index contributed by atoms with van der Waals surface area (Å²) < 4.78 is 57.6. The third-order valence-electron chi connectivity index (χ3n) is 4.72. The van der Waals surface area contributed by atoms with Gasteiger partial charge in [0.15, 0.2) is 0 Å². The number of aryl methyl sites for hydroxylation is 1. The van der Waals surface area contributed by atoms with Crippen LogP contribution in [0.2, 0.25) is 0 Å². The molecule has 2 aromatic rings. The summed E-state index contributed by atoms with van der Waals surface area (Å²) in [5.41, 5.74) is 1.71. The Kier molecular flexibility index (Phi) is 6.99. The van der Waals surface area contributed by atoms with Gasteiger partial charge in [-0.15, -0.1) is 0 Å². The standard InChI is InChI=1S/C20H25N3O6S2/c1-16-4-3-5-17(14-16)21-20(24)15-23(30(2,25)26)18-6-8-19(9-7-18)31(27,28)22-10-12-29-13-11-22/h3-9,14H,10-13,15H2,1-2H3,(H,21,24). The molecule has 1 aliphatic rings. The minimum absolute atomic E-state index is 0.0517. The number of carbonyl (C=O) groups excluding carboxylic acids is 1. The highest BCUT2D eigenvalue weighted by molar-refractivity contribution is 7.92. The van der Waals surface area contributed by atoms with Gasteiger partial charge >= 0.3 is 0 Å². The van der Waals surface area contributed by atoms with E-state index in [2.05, 4.69) is 5.32 Å². The maximum Gasteiger partial charge on any atom is 0.245 e. The summed E-state index contributed by atoms with van der Waals surface area (Å²) in [5.74, 6) is -0.513. The quantitative estimate of drug-likeness (QED) is 0.659. The number of ether oxygens (including phenoxy) is 1. The van der Waals surface area contributed by atoms with Gasteiger partial charge in [0.25, 0.3) is 0 Å². The molecule has 1 saturated heterocycles. The van der Waals surface area contributed by atoms with Crippen molar-refractivity contribution in [1.29, 1.82) is 0 Å². The number of rotatable bonds is 7. The summed E-state index contributed by atoms with van der Waals surface area (Å²) in [7, 11) is -7.49. The number of anilines is 2. The summed E-state index contributed by atoms with van der Waals surface area (Å²) in [5, 5.41) is 2.67. The van der Waals surface area contributed by atoms with Gasteiger partial charge in [-0.25, -0.2) is 16.8 Å². The zero-order valence-electron chi connectivity index (χ0n) is 17.3. The number of nitrogens with one attached hydrogen (secondary N) is 1. The van der Waals surface area contributed by atoms with E-state index in [1.54, 1.807) is 18.2 Å². The predicted octanol–water partition coefficient (Wildman–Crippen LogP) is 1.42. The van der Waals surface area contributed by atoms with Crippen molar-refractivity contribution >= 4 is 37.3 Å². The molecule has 0 spiro atoms. The Balaban J connectivity index is 1.79. The number of carbonyl (C=O) groups is 1. The van der Waals surface area contributed by atoms with Crippen LogP contribution in [0.1, 0.15) is 5.56 Å². The molecule has 2 aromatic carbocycles. The van der Waals surface area contributed by atoms with Gasteiger partial charge in [-0.3, -0.25) is 9.10 Å². The number of benzene rings is 2. The van der Waals surface area contributed by atoms with Crippen molar-refractivity contribution < 1.29 is 26.4 Å². The molecule has 168 valence electrons. The minimum Gasteiger partial charge on any atom is -0.379 e. The van der Waals surface area contributed by atoms with Crippen molar-refractivity contribution in [3.8, 4) is 0 Å². The molecule has 9 nitrogen and oxygen atoms in total. The van der Waals surface area contributed by atoms with Crippen LogP contribution in [0.25, 0.3) is 0 Å². The molecule has 0 saturated carbocycles. The second-order valence-corrected chi connectivity index (χ2v) is 11.0. The lowest BCUT2D eigenvalue weighted by Gasteiger charge is -2.26. The molecule has 1 heterocycles. The first kappa shape index (κ1) is 23.2. The van der Waals surface area contributed by atoms with Crippen molar-refractivity contribution in [3.63, 3.8) is 0 Å². The van der Waals surface area contributed by atoms with Crippen LogP contribution >= 0.6 is 0 Å². The Morgan fingerprint density at radius 3 is 2.29 bits per heavy atom. The van der Waals surface area contributed by atoms with Crippen molar-refractivity contribution in [1.82, 2.24) is 4.31 Å². The van der Waals surface area contributed by atoms with Crippen LogP contribution in [-0.4, -0.2) is 66.2 Å². The lowest BCUT2D eigenvalue weighted by atomic mass is 10.2. The molecule has 0 bridgehead atoms. The van der Waals surface area contributed by atoms with E-state index >= 15 is 0 Å². The van der Waals surface area contributed by atoms with E-state index in [1.807, 2.05) is 13.0 Å². The fourth-order valence-corrected chi connectivity index (χ4v) is 5.44. The molecular weight excluding hydrogens is 442 g/mol. The number of amides is 1. The van der Waals surface area contributed by atoms with Gasteiger partial charge in [0.2, 0.25) is 26.0 Å². The molecule has 1 N–H and O–H groups in total. The Morgan fingerprint density at radius 1 is 1.06 bits per heavy atom. The average Bonchev–Trinajstić information content (AvgIpc) is 2.72. The third kappa shape index (κ3) is 5.82. The Bertz CT molecular complexity index is 1140. The van der Waals surface area contributed by atoms with E-state index in [0.717, 1.165) is 16.1 Å². The first-order valence-corrected chi connectivity index (χ1v) is 12.9. The van der Waals surface area contributed by atoms with Crippen molar-refractivity contribution in [3.05, 3.63) is 54.1 Å². The molecular formula is C20H25N3O6S2. The highest BCUT2D eigenvalue weighted by Crippen LogP contribution is 2.23. The van der Waals surface area contributed by atoms with Crippen molar-refractivity contribution in [2.45, 2.75) is 11.8 Å². The van der Waals surface area contributed by atoms with Crippen LogP contribution in [0.5, 0.6) is 0 Å². The van der Waals surface area contributed by atoms with Crippen molar-refractivity contribution in [2.75, 3.05) is 48.7 Å². The second-order valence-electron chi connectivity index (χ2n) is 7.20. The number of sulfonamides is 2. The third-order valence-corrected chi connectivity index (χ3v) is 7.78. The maximum atomic E-state index is 12.7. The first-order valence-electron chi connectivity index (χ1n) is 9.59. The lowest BCUT2D eigenvalue weighted by molar-refractivity contribution is -0.114. The maximum absolute atomic E-state index is 12.7. The lowest BCUT2D eigenvalue weighted by Crippen LogP contribution is -2.40. The normalized spacial score (nSPS) is 15.4. The van der Waals surface area contributed by atoms with E-state index in [9.17, 15) is 21.6 Å². The monoisotopic (exact) mass is 467 g/mol. The van der Waals surface area contributed by atoms with E-state index in [1.165, 1.54) is 28.6 Å². The van der Waals surface area contributed by atoms with E-state index < -0.39 is 32.5 Å². The zero-order valence-corrected chi connectivity index (χ0v) is 18.9. The number of hydrogen-bond acceptors (Lipinski definition) is 6. The molecule has 0 radical (unpaired) electrons. The molecule has 0 atom stereocenters. The van der Waals surface area contributed by atoms with Crippen LogP contribution in [0.3, 0.4) is 0 Å². The Labute approximate surface area is 182 Å². The first-order chi connectivity index (χ1) is 14.6. The highest BCUT2D eigenvalue weighted by atomic mass is 32.2. The SMILES string of the molecule is Cc1cccc(NC(=O)CN(c2ccc(S(=O)(=O)N3CCOCC3)cc2)S(C)(=O)=O)c1. The van der Waals surface area contributed by atoms with Gasteiger partial charge < -0.3 is 10.1 Å². The largest absolute Gasteiger partial charge is 0.379 e. The van der Waals surface area contributed by atoms with Gasteiger partial charge in [0, 0.05) is 18.8 Å². The summed E-state index contributed by atoms with van der Waals surface area (Å²) >= 11 is 0. The molecule has 0 unspecified atom stereocenters. The van der Waals surface area contributed by atoms with Gasteiger partial charge in [-0.05, 0) is 48.9 Å². The summed E-state index contributed by atoms with van der Waals surface area (Å²) in [4.78, 5) is 12.5. The number of morpholine rings is 1. The van der Waals surface area contributed by atoms with Crippen LogP contribution in [0, 0.1) is 6.92 Å². The number of hydrogen-bond donors (Lipinski definition) is 1. The minimum atomic E-state index is -3.79. The Morgan fingerprint density at radius 2 is 1.71 bits per heavy atom. The van der Waals surface area contributed by atoms with E-state index in [-0.39, 0.29) is 23.7 Å². The molecule has 1 aliphatic heterocycles. The van der Waals surface area contributed by atoms with Crippen molar-refractivity contribution in [2.24, 2.45) is 0 Å². The predicted molar refractivity (Wildman–Crippen MR) is 118 cm³/mol.